The largest absolute Gasteiger partial charge is 0.487 e. The van der Waals surface area contributed by atoms with Crippen molar-refractivity contribution in [2.75, 3.05) is 26.2 Å². The summed E-state index contributed by atoms with van der Waals surface area (Å²) in [7, 11) is -8.57. The molecule has 7 rings (SSSR count). The fourth-order valence-electron chi connectivity index (χ4n) is 12.6. The van der Waals surface area contributed by atoms with Crippen LogP contribution >= 0.6 is 0 Å². The number of alkyl carbamates (subject to hydrolysis) is 1. The van der Waals surface area contributed by atoms with Crippen LogP contribution in [0, 0.1) is 41.5 Å². The average Bonchev–Trinajstić information content (AvgIpc) is 1.53. The van der Waals surface area contributed by atoms with Crippen molar-refractivity contribution in [3.8, 4) is 22.6 Å². The maximum Gasteiger partial charge on any atom is 0.407 e. The number of carbonyl (C=O) groups excluding carboxylic acids is 4. The summed E-state index contributed by atoms with van der Waals surface area (Å²) >= 11 is 0. The van der Waals surface area contributed by atoms with Crippen LogP contribution in [-0.4, -0.2) is 137 Å². The highest BCUT2D eigenvalue weighted by Gasteiger charge is 2.41. The minimum atomic E-state index is -4.31. The van der Waals surface area contributed by atoms with Crippen molar-refractivity contribution in [2.45, 2.75) is 218 Å². The van der Waals surface area contributed by atoms with Gasteiger partial charge in [0, 0.05) is 43.0 Å². The van der Waals surface area contributed by atoms with Crippen LogP contribution in [0.15, 0.2) is 68.3 Å². The first-order valence-corrected chi connectivity index (χ1v) is 34.8. The molecule has 0 spiro atoms. The number of sulfonamides is 2. The van der Waals surface area contributed by atoms with E-state index in [0.29, 0.717) is 77.1 Å². The average molecular weight is 1340 g/mol. The van der Waals surface area contributed by atoms with Gasteiger partial charge in [0.2, 0.25) is 29.6 Å². The van der Waals surface area contributed by atoms with E-state index in [2.05, 4.69) is 40.7 Å². The van der Waals surface area contributed by atoms with E-state index in [4.69, 9.17) is 36.1 Å². The molecule has 0 saturated heterocycles. The van der Waals surface area contributed by atoms with Crippen molar-refractivity contribution in [3.63, 3.8) is 0 Å². The molecule has 94 heavy (non-hydrogen) atoms. The maximum absolute atomic E-state index is 14.9. The summed E-state index contributed by atoms with van der Waals surface area (Å²) in [6.45, 7) is 24.7. The second-order valence-electron chi connectivity index (χ2n) is 26.8. The molecule has 1 aliphatic carbocycles. The number of ether oxygens (including phenoxy) is 4. The molecule has 5 atom stereocenters. The topological polar surface area (TPSA) is 386 Å². The number of carboxylic acids is 1. The molecule has 4 aromatic rings. The highest BCUT2D eigenvalue weighted by molar-refractivity contribution is 7.90. The smallest absolute Gasteiger partial charge is 0.407 e. The summed E-state index contributed by atoms with van der Waals surface area (Å²) in [5.41, 5.74) is 25.1. The van der Waals surface area contributed by atoms with E-state index in [9.17, 15) is 45.9 Å². The van der Waals surface area contributed by atoms with Gasteiger partial charge in [0.05, 0.1) is 21.5 Å². The molecule has 0 radical (unpaired) electrons. The number of amides is 4. The van der Waals surface area contributed by atoms with Crippen LogP contribution in [-0.2, 0) is 61.5 Å². The Kier molecular flexibility index (Phi) is 23.2. The van der Waals surface area contributed by atoms with Crippen molar-refractivity contribution in [3.05, 3.63) is 104 Å². The molecule has 0 saturated carbocycles. The molecular weight excluding hydrogens is 1250 g/mol. The van der Waals surface area contributed by atoms with E-state index in [-0.39, 0.29) is 67.5 Å². The first kappa shape index (κ1) is 73.4. The van der Waals surface area contributed by atoms with Gasteiger partial charge in [0.1, 0.15) is 53.5 Å². The van der Waals surface area contributed by atoms with Gasteiger partial charge in [-0.2, -0.15) is 0 Å². The lowest BCUT2D eigenvalue weighted by molar-refractivity contribution is -0.143. The molecule has 4 amide bonds. The lowest BCUT2D eigenvalue weighted by Crippen LogP contribution is -2.61. The summed E-state index contributed by atoms with van der Waals surface area (Å²) < 4.78 is 84.9. The number of nitrogens with one attached hydrogen (secondary N) is 6. The summed E-state index contributed by atoms with van der Waals surface area (Å²) in [6, 6.07) is 9.75. The van der Waals surface area contributed by atoms with Gasteiger partial charge in [-0.25, -0.2) is 35.9 Å². The third kappa shape index (κ3) is 17.7. The van der Waals surface area contributed by atoms with E-state index >= 15 is 0 Å². The quantitative estimate of drug-likeness (QED) is 0.0172. The van der Waals surface area contributed by atoms with E-state index in [1.54, 1.807) is 69.2 Å². The number of aliphatic imine (C=N–C) groups is 2. The Morgan fingerprint density at radius 1 is 0.617 bits per heavy atom. The molecule has 27 heteroatoms. The predicted molar refractivity (Wildman–Crippen MR) is 359 cm³/mol. The minimum Gasteiger partial charge on any atom is -0.487 e. The highest BCUT2D eigenvalue weighted by Crippen LogP contribution is 2.47. The minimum absolute atomic E-state index is 0.0227. The molecule has 13 N–H and O–H groups in total. The fourth-order valence-corrected chi connectivity index (χ4v) is 15.7. The normalized spacial score (nSPS) is 16.5. The van der Waals surface area contributed by atoms with E-state index < -0.39 is 109 Å². The Morgan fingerprint density at radius 2 is 1.04 bits per heavy atom. The molecule has 0 unspecified atom stereocenters. The van der Waals surface area contributed by atoms with Crippen LogP contribution in [0.4, 0.5) is 4.79 Å². The molecule has 4 aromatic carbocycles. The number of carboxylic acid groups (broad SMARTS) is 1. The molecular formula is C67H95N11O14S2. The Hall–Kier alpha value is -8.01. The van der Waals surface area contributed by atoms with Crippen LogP contribution < -0.4 is 57.4 Å². The molecule has 0 fully saturated rings. The highest BCUT2D eigenvalue weighted by atomic mass is 32.2. The number of carbonyl (C=O) groups is 5. The van der Waals surface area contributed by atoms with Gasteiger partial charge in [0.15, 0.2) is 0 Å². The Bertz CT molecular complexity index is 3800. The van der Waals surface area contributed by atoms with E-state index in [1.807, 2.05) is 76.2 Å². The van der Waals surface area contributed by atoms with E-state index in [0.717, 1.165) is 33.4 Å². The molecule has 0 bridgehead atoms. The molecule has 25 nitrogen and oxygen atoms in total. The number of unbranched alkanes of at least 4 members (excludes halogenated alkanes) is 1. The molecule has 3 aliphatic rings. The Labute approximate surface area is 552 Å². The van der Waals surface area contributed by atoms with Crippen LogP contribution in [0.3, 0.4) is 0 Å². The number of rotatable bonds is 28. The molecule has 0 aromatic heterocycles. The zero-order valence-electron chi connectivity index (χ0n) is 56.5. The third-order valence-corrected chi connectivity index (χ3v) is 20.5. The molecule has 2 heterocycles. The number of nitrogens with two attached hydrogens (primary N) is 3. The van der Waals surface area contributed by atoms with Gasteiger partial charge < -0.3 is 62.5 Å². The number of benzene rings is 4. The summed E-state index contributed by atoms with van der Waals surface area (Å²) in [5, 5.41) is 21.1. The van der Waals surface area contributed by atoms with Crippen molar-refractivity contribution in [2.24, 2.45) is 27.2 Å². The SMILES string of the molecule is Cc1c(C)c(S(=O)(=O)NC(N)=NCCC[C@H](NC(=O)[C@H](CCCN=C(N)NS(=O)(=O)c2c(C)c(C)c3c(c2C)CC(C)(C)O3)NC(=O)[C@@H](NC(=O)[C@H](CCCCN)NC(=O)OCC2c3ccccc3-c3ccccc32)[C@@H](C)OC(C)(C)C)C(=O)O)c(C)c2c1OC(C)(C)C2. The lowest BCUT2D eigenvalue weighted by Gasteiger charge is -2.32. The predicted octanol–water partition coefficient (Wildman–Crippen LogP) is 6.19. The van der Waals surface area contributed by atoms with Gasteiger partial charge in [-0.05, 0) is 204 Å². The zero-order valence-corrected chi connectivity index (χ0v) is 58.1. The van der Waals surface area contributed by atoms with Crippen LogP contribution in [0.25, 0.3) is 11.1 Å². The second kappa shape index (κ2) is 29.7. The number of hydrogen-bond donors (Lipinski definition) is 10. The Balaban J connectivity index is 1.09. The van der Waals surface area contributed by atoms with E-state index in [1.165, 1.54) is 0 Å². The van der Waals surface area contributed by atoms with Crippen LogP contribution in [0.2, 0.25) is 0 Å². The maximum atomic E-state index is 14.9. The van der Waals surface area contributed by atoms with Gasteiger partial charge in [-0.1, -0.05) is 48.5 Å². The zero-order chi connectivity index (χ0) is 69.6. The number of guanidine groups is 2. The number of fused-ring (bicyclic) bond motifs is 5. The summed E-state index contributed by atoms with van der Waals surface area (Å²) in [4.78, 5) is 79.1. The van der Waals surface area contributed by atoms with Crippen molar-refractivity contribution in [1.82, 2.24) is 30.7 Å². The van der Waals surface area contributed by atoms with Gasteiger partial charge in [-0.15, -0.1) is 0 Å². The standard InChI is InChI=1S/C67H95N11O14S2/c1-36-38(3)56(40(5)47-33-66(11,12)91-54(36)47)93(85,86)77-62(69)71-31-21-28-50(58(79)74-52(61(82)83)29-22-32-72-63(70)78-94(87,88)57-39(4)37(2)55-48(41(57)6)34-67(13,14)92-55)73-60(81)53(42(7)90-65(8,9)10)76-59(80)51(27-19-20-30-68)75-64(84)89-35-49-45-25-17-15-23-43(45)44-24-16-18-26-46(44)49/h15-18,23-26,42,49-53H,19-22,27-35,68H2,1-14H3,(H,73,81)(H,74,79)(H,75,84)(H,76,80)(H,82,83)(H3,69,71,77)(H3,70,72,78)/t42-,50+,51+,52+,53+/m1/s1. The number of nitrogens with zero attached hydrogens (tertiary/aromatic N) is 2. The fraction of sp³-hybridized carbons (Fsp3) is 0.537. The van der Waals surface area contributed by atoms with Crippen molar-refractivity contribution < 1.29 is 64.9 Å². The second-order valence-corrected chi connectivity index (χ2v) is 30.1. The van der Waals surface area contributed by atoms with Crippen molar-refractivity contribution >= 4 is 61.7 Å². The van der Waals surface area contributed by atoms with Crippen LogP contribution in [0.5, 0.6) is 11.5 Å². The molecule has 514 valence electrons. The summed E-state index contributed by atoms with van der Waals surface area (Å²) in [6.07, 6.45) is -0.568. The van der Waals surface area contributed by atoms with Gasteiger partial charge in [-0.3, -0.25) is 24.4 Å². The van der Waals surface area contributed by atoms with Gasteiger partial charge in [0.25, 0.3) is 20.0 Å². The van der Waals surface area contributed by atoms with Crippen LogP contribution in [0.1, 0.15) is 162 Å². The molecule has 2 aliphatic heterocycles. The van der Waals surface area contributed by atoms with Crippen molar-refractivity contribution in [1.29, 1.82) is 0 Å². The van der Waals surface area contributed by atoms with Gasteiger partial charge >= 0.3 is 12.1 Å². The first-order chi connectivity index (χ1) is 43.9. The monoisotopic (exact) mass is 1340 g/mol. The summed E-state index contributed by atoms with van der Waals surface area (Å²) in [5.74, 6) is -4.03. The third-order valence-electron chi connectivity index (χ3n) is 17.2. The Morgan fingerprint density at radius 3 is 1.50 bits per heavy atom. The number of aliphatic carboxylic acids is 1. The number of hydrogen-bond acceptors (Lipinski definition) is 16. The lowest BCUT2D eigenvalue weighted by atomic mass is 9.94. The first-order valence-electron chi connectivity index (χ1n) is 31.8.